The summed E-state index contributed by atoms with van der Waals surface area (Å²) < 4.78 is 57.5. The van der Waals surface area contributed by atoms with Crippen LogP contribution in [0.15, 0.2) is 48.1 Å². The molecule has 1 aromatic carbocycles. The number of hydrogen-bond donors (Lipinski definition) is 9. The van der Waals surface area contributed by atoms with Crippen molar-refractivity contribution in [3.8, 4) is 0 Å². The van der Waals surface area contributed by atoms with E-state index >= 15 is 8.78 Å². The number of nitrogens with one attached hydrogen (secondary N) is 6. The predicted octanol–water partition coefficient (Wildman–Crippen LogP) is 3.05. The molecular weight excluding hydrogens is 1000 g/mol. The van der Waals surface area contributed by atoms with Crippen molar-refractivity contribution in [2.24, 2.45) is 34.3 Å². The quantitative estimate of drug-likeness (QED) is 0.0502. The molecule has 4 fully saturated rings. The number of fused-ring (bicyclic) bond motifs is 7. The van der Waals surface area contributed by atoms with E-state index in [0.29, 0.717) is 24.1 Å². The van der Waals surface area contributed by atoms with Crippen LogP contribution in [0.3, 0.4) is 0 Å². The number of urea groups is 1. The molecule has 24 heteroatoms. The Kier molecular flexibility index (Phi) is 19.2. The molecule has 0 spiro atoms. The molecule has 5 aliphatic rings. The molecule has 1 heterocycles. The molecule has 4 aliphatic carbocycles. The van der Waals surface area contributed by atoms with Gasteiger partial charge in [0.1, 0.15) is 44.7 Å². The third-order valence-electron chi connectivity index (χ3n) is 15.6. The lowest BCUT2D eigenvalue weighted by molar-refractivity contribution is -0.235. The van der Waals surface area contributed by atoms with Crippen LogP contribution in [0.2, 0.25) is 0 Å². The first-order chi connectivity index (χ1) is 35.9. The molecule has 6 rings (SSSR count). The summed E-state index contributed by atoms with van der Waals surface area (Å²) in [5.41, 5.74) is -0.971. The molecule has 10 N–H and O–H groups in total. The number of Topliss-reactive ketones (excluding diaryl/α,β-unsaturated/α-hetero) is 1. The first-order valence-corrected chi connectivity index (χ1v) is 25.7. The maximum Gasteiger partial charge on any atom is 0.407 e. The zero-order chi connectivity index (χ0) is 55.8. The first kappa shape index (κ1) is 58.9. The number of primary amides is 1. The van der Waals surface area contributed by atoms with Crippen LogP contribution < -0.4 is 37.6 Å². The van der Waals surface area contributed by atoms with E-state index in [4.69, 9.17) is 29.8 Å². The summed E-state index contributed by atoms with van der Waals surface area (Å²) in [5, 5.41) is 35.8. The zero-order valence-corrected chi connectivity index (χ0v) is 43.4. The van der Waals surface area contributed by atoms with E-state index in [2.05, 4.69) is 31.9 Å². The molecule has 7 amide bonds. The number of allylic oxidation sites excluding steroid dienone is 4. The third kappa shape index (κ3) is 12.6. The van der Waals surface area contributed by atoms with Crippen LogP contribution >= 0.6 is 0 Å². The number of rotatable bonds is 25. The molecule has 12 atom stereocenters. The molecule has 1 saturated heterocycles. The van der Waals surface area contributed by atoms with Gasteiger partial charge in [-0.1, -0.05) is 52.3 Å². The largest absolute Gasteiger partial charge is 0.481 e. The lowest BCUT2D eigenvalue weighted by atomic mass is 9.44. The Balaban J connectivity index is 0.968. The van der Waals surface area contributed by atoms with Crippen LogP contribution in [-0.2, 0) is 59.1 Å². The zero-order valence-electron chi connectivity index (χ0n) is 43.4. The lowest BCUT2D eigenvalue weighted by Crippen LogP contribution is -2.71. The van der Waals surface area contributed by atoms with Crippen molar-refractivity contribution in [2.45, 2.75) is 153 Å². The number of nitrogens with two attached hydrogens (primary N) is 1. The van der Waals surface area contributed by atoms with E-state index in [0.717, 1.165) is 6.08 Å². The van der Waals surface area contributed by atoms with Gasteiger partial charge in [-0.3, -0.25) is 33.6 Å². The van der Waals surface area contributed by atoms with E-state index in [1.807, 2.05) is 6.92 Å². The minimum atomic E-state index is -2.37. The van der Waals surface area contributed by atoms with Gasteiger partial charge < -0.3 is 66.8 Å². The first-order valence-electron chi connectivity index (χ1n) is 25.7. The Morgan fingerprint density at radius 1 is 0.934 bits per heavy atom. The number of alkyl halides is 2. The highest BCUT2D eigenvalue weighted by Crippen LogP contribution is 2.72. The van der Waals surface area contributed by atoms with Crippen molar-refractivity contribution in [3.05, 3.63) is 53.6 Å². The number of ketones is 2. The third-order valence-corrected chi connectivity index (χ3v) is 15.6. The van der Waals surface area contributed by atoms with Crippen LogP contribution in [0, 0.1) is 28.6 Å². The topological polar surface area (TPSA) is 329 Å². The number of anilines is 1. The number of aliphatic hydroxyl groups excluding tert-OH is 1. The van der Waals surface area contributed by atoms with E-state index in [1.165, 1.54) is 31.2 Å². The van der Waals surface area contributed by atoms with Crippen molar-refractivity contribution in [3.63, 3.8) is 0 Å². The van der Waals surface area contributed by atoms with Gasteiger partial charge in [-0.2, -0.15) is 0 Å². The number of carbonyl (C=O) groups excluding carboxylic acids is 8. The summed E-state index contributed by atoms with van der Waals surface area (Å²) in [4.78, 5) is 113. The summed E-state index contributed by atoms with van der Waals surface area (Å²) in [6.07, 6.45) is -1.52. The van der Waals surface area contributed by atoms with E-state index in [9.17, 15) is 48.3 Å². The van der Waals surface area contributed by atoms with Gasteiger partial charge in [0.05, 0.1) is 12.2 Å². The molecule has 1 aromatic rings. The molecule has 0 aromatic heterocycles. The Morgan fingerprint density at radius 3 is 2.33 bits per heavy atom. The van der Waals surface area contributed by atoms with Crippen molar-refractivity contribution in [2.75, 3.05) is 31.7 Å². The van der Waals surface area contributed by atoms with Crippen LogP contribution in [-0.4, -0.2) is 138 Å². The highest BCUT2D eigenvalue weighted by atomic mass is 19.1. The van der Waals surface area contributed by atoms with Crippen LogP contribution in [0.4, 0.5) is 24.1 Å². The average molecular weight is 1070 g/mol. The van der Waals surface area contributed by atoms with Crippen LogP contribution in [0.5, 0.6) is 0 Å². The number of carboxylic acids is 1. The van der Waals surface area contributed by atoms with Gasteiger partial charge in [0.15, 0.2) is 29.1 Å². The molecule has 0 radical (unpaired) electrons. The minimum absolute atomic E-state index is 0.0153. The molecule has 1 aliphatic heterocycles. The van der Waals surface area contributed by atoms with Crippen LogP contribution in [0.1, 0.15) is 104 Å². The van der Waals surface area contributed by atoms with E-state index < -0.39 is 150 Å². The number of aliphatic carboxylic acids is 1. The maximum absolute atomic E-state index is 17.8. The van der Waals surface area contributed by atoms with Gasteiger partial charge in [0.2, 0.25) is 23.6 Å². The van der Waals surface area contributed by atoms with Crippen molar-refractivity contribution in [1.29, 1.82) is 0 Å². The van der Waals surface area contributed by atoms with Gasteiger partial charge in [-0.25, -0.2) is 18.4 Å². The summed E-state index contributed by atoms with van der Waals surface area (Å²) in [5.74, 6) is -6.71. The molecule has 1 unspecified atom stereocenters. The summed E-state index contributed by atoms with van der Waals surface area (Å²) in [7, 11) is 0. The van der Waals surface area contributed by atoms with Crippen molar-refractivity contribution in [1.82, 2.24) is 26.6 Å². The van der Waals surface area contributed by atoms with Gasteiger partial charge in [0, 0.05) is 41.8 Å². The number of benzene rings is 1. The molecule has 418 valence electrons. The summed E-state index contributed by atoms with van der Waals surface area (Å²) in [6.45, 7) is 6.84. The predicted molar refractivity (Wildman–Crippen MR) is 266 cm³/mol. The number of carbonyl (C=O) groups is 9. The minimum Gasteiger partial charge on any atom is -0.481 e. The highest BCUT2D eigenvalue weighted by Gasteiger charge is 2.80. The number of alkyl carbamates (subject to hydrolysis) is 1. The smallest absolute Gasteiger partial charge is 0.407 e. The average Bonchev–Trinajstić information content (AvgIpc) is 3.84. The number of halogens is 2. The van der Waals surface area contributed by atoms with Crippen LogP contribution in [0.25, 0.3) is 0 Å². The van der Waals surface area contributed by atoms with Crippen molar-refractivity contribution >= 4 is 59.0 Å². The monoisotopic (exact) mass is 1070 g/mol. The van der Waals surface area contributed by atoms with Gasteiger partial charge >= 0.3 is 18.1 Å². The number of aliphatic hydroxyl groups is 1. The number of amides is 7. The standard InChI is InChI=1S/C52H71F2N7O15/c1-6-9-43-75-39-22-32-33-21-35(53)34-20-31(62)17-18-49(34,4)51(33,54)37(63)23-50(32,5)52(39,76-43)38(64)26-73-27-58-41(66)24-57-48(72)74-25-29-13-15-30(16-14-29)59-45(69)36(10-8-19-56-47(55)71)60-46(70)44(28(2)3)61-40(65)11-7-12-42(67)68/h13-18,20,28,32-33,35-37,39,43-44,63H,6-12,19,21-27H2,1-5H3,(H,57,72)(H,58,66)(H,59,69)(H,60,70)(H,61,65)(H,67,68)(H3,55,56,71)/t32-,33-,35-,36-,37-,39+,43?,44-,49-,50-,51-,52+/m0/s1. The van der Waals surface area contributed by atoms with E-state index in [-0.39, 0.29) is 70.1 Å². The fourth-order valence-corrected chi connectivity index (χ4v) is 11.8. The Bertz CT molecular complexity index is 2440. The number of hydrogen-bond acceptors (Lipinski definition) is 14. The molecule has 0 bridgehead atoms. The second kappa shape index (κ2) is 24.7. The normalized spacial score (nSPS) is 29.8. The fraction of sp³-hybridized carbons (Fsp3) is 0.635. The molecular formula is C52H71F2N7O15. The number of ether oxygens (including phenoxy) is 4. The lowest BCUT2D eigenvalue weighted by Gasteiger charge is -2.63. The fourth-order valence-electron chi connectivity index (χ4n) is 11.8. The Labute approximate surface area is 438 Å². The maximum atomic E-state index is 17.8. The number of carboxylic acid groups (broad SMARTS) is 1. The summed E-state index contributed by atoms with van der Waals surface area (Å²) >= 11 is 0. The SMILES string of the molecule is CCCC1O[C@@H]2C[C@H]3[C@@H]4C[C@H](F)C5=CC(=O)C=C[C@]5(C)[C@@]4(F)[C@@H](O)C[C@]3(C)[C@]2(C(=O)COCNC(=O)CNC(=O)OCc2ccc(NC(=O)[C@H](CCCNC(N)=O)NC(=O)[C@@H](NC(=O)CCCC(=O)O)C(C)C)cc2)O1. The molecule has 3 saturated carbocycles. The van der Waals surface area contributed by atoms with Gasteiger partial charge in [-0.15, -0.1) is 0 Å². The highest BCUT2D eigenvalue weighted by molar-refractivity contribution is 6.01. The molecule has 22 nitrogen and oxygen atoms in total. The van der Waals surface area contributed by atoms with Crippen molar-refractivity contribution < 1.29 is 81.1 Å². The van der Waals surface area contributed by atoms with E-state index in [1.54, 1.807) is 32.9 Å². The van der Waals surface area contributed by atoms with Gasteiger partial charge in [-0.05, 0) is 99.1 Å². The second-order valence-electron chi connectivity index (χ2n) is 21.0. The summed E-state index contributed by atoms with van der Waals surface area (Å²) in [6, 6.07) is 3.21. The second-order valence-corrected chi connectivity index (χ2v) is 21.0. The van der Waals surface area contributed by atoms with Gasteiger partial charge in [0.25, 0.3) is 0 Å². The Morgan fingerprint density at radius 2 is 1.66 bits per heavy atom. The Hall–Kier alpha value is -6.37. The molecule has 76 heavy (non-hydrogen) atoms.